The number of benzene rings is 1. The third-order valence-electron chi connectivity index (χ3n) is 2.89. The molecular formula is C13H14FN3OS. The molecule has 0 bridgehead atoms. The molecule has 1 fully saturated rings. The normalized spacial score (nSPS) is 14.8. The first-order valence-electron chi connectivity index (χ1n) is 6.20. The number of hydrogen-bond acceptors (Lipinski definition) is 5. The number of hydrogen-bond donors (Lipinski definition) is 1. The summed E-state index contributed by atoms with van der Waals surface area (Å²) in [5, 5.41) is 11.6. The van der Waals surface area contributed by atoms with E-state index in [2.05, 4.69) is 15.5 Å². The highest BCUT2D eigenvalue weighted by molar-refractivity contribution is 7.99. The molecule has 1 aromatic heterocycles. The van der Waals surface area contributed by atoms with E-state index >= 15 is 0 Å². The molecule has 1 heterocycles. The number of aromatic nitrogens is 2. The Kier molecular flexibility index (Phi) is 3.52. The third-order valence-corrected chi connectivity index (χ3v) is 3.84. The number of nitrogens with zero attached hydrogens (tertiary/aromatic N) is 2. The van der Waals surface area contributed by atoms with Gasteiger partial charge < -0.3 is 9.73 Å². The van der Waals surface area contributed by atoms with E-state index in [1.807, 2.05) is 0 Å². The summed E-state index contributed by atoms with van der Waals surface area (Å²) >= 11 is 1.37. The molecule has 4 nitrogen and oxygen atoms in total. The first-order chi connectivity index (χ1) is 9.20. The van der Waals surface area contributed by atoms with Crippen molar-refractivity contribution in [1.29, 1.82) is 0 Å². The van der Waals surface area contributed by atoms with Gasteiger partial charge in [-0.2, -0.15) is 0 Å². The molecule has 100 valence electrons. The highest BCUT2D eigenvalue weighted by Crippen LogP contribution is 2.30. The molecule has 0 amide bonds. The summed E-state index contributed by atoms with van der Waals surface area (Å²) in [6.07, 6.45) is 2.42. The monoisotopic (exact) mass is 279 g/mol. The van der Waals surface area contributed by atoms with Gasteiger partial charge in [0.05, 0.1) is 0 Å². The zero-order chi connectivity index (χ0) is 13.2. The van der Waals surface area contributed by atoms with Crippen LogP contribution in [-0.4, -0.2) is 16.2 Å². The van der Waals surface area contributed by atoms with E-state index < -0.39 is 0 Å². The molecular weight excluding hydrogens is 265 g/mol. The number of aryl methyl sites for hydroxylation is 1. The summed E-state index contributed by atoms with van der Waals surface area (Å²) in [4.78, 5) is 0.943. The van der Waals surface area contributed by atoms with Gasteiger partial charge in [0, 0.05) is 24.4 Å². The summed E-state index contributed by atoms with van der Waals surface area (Å²) in [5.41, 5.74) is 0.924. The Labute approximate surface area is 114 Å². The van der Waals surface area contributed by atoms with Crippen molar-refractivity contribution < 1.29 is 8.81 Å². The fourth-order valence-electron chi connectivity index (χ4n) is 1.74. The highest BCUT2D eigenvalue weighted by Gasteiger charge is 2.21. The van der Waals surface area contributed by atoms with Gasteiger partial charge in [0.1, 0.15) is 5.82 Å². The van der Waals surface area contributed by atoms with E-state index in [0.29, 0.717) is 23.7 Å². The maximum Gasteiger partial charge on any atom is 0.281 e. The van der Waals surface area contributed by atoms with Crippen LogP contribution < -0.4 is 5.32 Å². The molecule has 0 radical (unpaired) electrons. The highest BCUT2D eigenvalue weighted by atomic mass is 32.2. The lowest BCUT2D eigenvalue weighted by Gasteiger charge is -2.08. The van der Waals surface area contributed by atoms with Crippen LogP contribution in [0.1, 0.15) is 24.3 Å². The second kappa shape index (κ2) is 5.30. The fourth-order valence-corrected chi connectivity index (χ4v) is 2.57. The van der Waals surface area contributed by atoms with E-state index in [9.17, 15) is 4.39 Å². The summed E-state index contributed by atoms with van der Waals surface area (Å²) in [5.74, 6) is 0.306. The topological polar surface area (TPSA) is 51.0 Å². The second-order valence-corrected chi connectivity index (χ2v) is 5.59. The maximum absolute atomic E-state index is 13.3. The van der Waals surface area contributed by atoms with Crippen LogP contribution in [0.2, 0.25) is 0 Å². The molecule has 0 spiro atoms. The van der Waals surface area contributed by atoms with E-state index in [1.54, 1.807) is 19.1 Å². The van der Waals surface area contributed by atoms with Gasteiger partial charge in [0.2, 0.25) is 5.89 Å². The molecule has 1 aromatic carbocycles. The molecule has 0 saturated heterocycles. The van der Waals surface area contributed by atoms with Crippen LogP contribution in [0.5, 0.6) is 0 Å². The zero-order valence-electron chi connectivity index (χ0n) is 10.5. The van der Waals surface area contributed by atoms with Crippen molar-refractivity contribution in [2.24, 2.45) is 0 Å². The van der Waals surface area contributed by atoms with Crippen LogP contribution in [0, 0.1) is 12.7 Å². The summed E-state index contributed by atoms with van der Waals surface area (Å²) in [6.45, 7) is 2.41. The zero-order valence-corrected chi connectivity index (χ0v) is 11.3. The Hall–Kier alpha value is -1.40. The average molecular weight is 279 g/mol. The summed E-state index contributed by atoms with van der Waals surface area (Å²) in [6, 6.07) is 5.35. The molecule has 3 rings (SSSR count). The SMILES string of the molecule is Cc1nnc(Sc2ccc(F)cc2CNC2CC2)o1. The van der Waals surface area contributed by atoms with Gasteiger partial charge in [0.25, 0.3) is 5.22 Å². The molecule has 2 aromatic rings. The molecule has 19 heavy (non-hydrogen) atoms. The summed E-state index contributed by atoms with van der Waals surface area (Å²) < 4.78 is 18.7. The molecule has 0 unspecified atom stereocenters. The lowest BCUT2D eigenvalue weighted by Crippen LogP contribution is -2.15. The van der Waals surface area contributed by atoms with E-state index in [-0.39, 0.29) is 5.82 Å². The van der Waals surface area contributed by atoms with Crippen LogP contribution in [-0.2, 0) is 6.54 Å². The first kappa shape index (κ1) is 12.6. The number of rotatable bonds is 5. The summed E-state index contributed by atoms with van der Waals surface area (Å²) in [7, 11) is 0. The minimum atomic E-state index is -0.223. The second-order valence-electron chi connectivity index (χ2n) is 4.60. The van der Waals surface area contributed by atoms with E-state index in [0.717, 1.165) is 10.5 Å². The molecule has 1 N–H and O–H groups in total. The molecule has 1 aliphatic rings. The lowest BCUT2D eigenvalue weighted by molar-refractivity contribution is 0.429. The smallest absolute Gasteiger partial charge is 0.281 e. The standard InChI is InChI=1S/C13H14FN3OS/c1-8-16-17-13(18-8)19-12-5-2-10(14)6-9(12)7-15-11-3-4-11/h2,5-6,11,15H,3-4,7H2,1H3. The Morgan fingerprint density at radius 3 is 2.95 bits per heavy atom. The molecule has 0 atom stereocenters. The Morgan fingerprint density at radius 1 is 1.42 bits per heavy atom. The van der Waals surface area contributed by atoms with Gasteiger partial charge in [-0.05, 0) is 48.4 Å². The van der Waals surface area contributed by atoms with Crippen molar-refractivity contribution in [1.82, 2.24) is 15.5 Å². The number of nitrogens with one attached hydrogen (secondary N) is 1. The Balaban J connectivity index is 1.77. The molecule has 1 saturated carbocycles. The number of halogens is 1. The van der Waals surface area contributed by atoms with Crippen molar-refractivity contribution in [3.8, 4) is 0 Å². The third kappa shape index (κ3) is 3.33. The van der Waals surface area contributed by atoms with Crippen molar-refractivity contribution >= 4 is 11.8 Å². The van der Waals surface area contributed by atoms with Crippen LogP contribution >= 0.6 is 11.8 Å². The Morgan fingerprint density at radius 2 is 2.26 bits per heavy atom. The minimum absolute atomic E-state index is 0.223. The van der Waals surface area contributed by atoms with Crippen molar-refractivity contribution in [3.05, 3.63) is 35.5 Å². The largest absolute Gasteiger partial charge is 0.416 e. The molecule has 0 aliphatic heterocycles. The lowest BCUT2D eigenvalue weighted by atomic mass is 10.2. The van der Waals surface area contributed by atoms with Crippen molar-refractivity contribution in [2.75, 3.05) is 0 Å². The Bertz CT molecular complexity index is 583. The minimum Gasteiger partial charge on any atom is -0.416 e. The van der Waals surface area contributed by atoms with Crippen molar-refractivity contribution in [2.45, 2.75) is 42.5 Å². The molecule has 1 aliphatic carbocycles. The van der Waals surface area contributed by atoms with Gasteiger partial charge in [-0.15, -0.1) is 10.2 Å². The van der Waals surface area contributed by atoms with Gasteiger partial charge >= 0.3 is 0 Å². The predicted molar refractivity (Wildman–Crippen MR) is 69.4 cm³/mol. The van der Waals surface area contributed by atoms with Crippen LogP contribution in [0.4, 0.5) is 4.39 Å². The van der Waals surface area contributed by atoms with Gasteiger partial charge in [0.15, 0.2) is 0 Å². The van der Waals surface area contributed by atoms with Crippen LogP contribution in [0.15, 0.2) is 32.7 Å². The average Bonchev–Trinajstić information content (AvgIpc) is 3.13. The molecule has 6 heteroatoms. The first-order valence-corrected chi connectivity index (χ1v) is 7.02. The quantitative estimate of drug-likeness (QED) is 0.912. The predicted octanol–water partition coefficient (Wildman–Crippen LogP) is 2.92. The van der Waals surface area contributed by atoms with Crippen LogP contribution in [0.25, 0.3) is 0 Å². The van der Waals surface area contributed by atoms with E-state index in [4.69, 9.17) is 4.42 Å². The van der Waals surface area contributed by atoms with E-state index in [1.165, 1.54) is 30.7 Å². The van der Waals surface area contributed by atoms with Gasteiger partial charge in [-0.25, -0.2) is 4.39 Å². The van der Waals surface area contributed by atoms with Gasteiger partial charge in [-0.1, -0.05) is 0 Å². The fraction of sp³-hybridized carbons (Fsp3) is 0.385. The van der Waals surface area contributed by atoms with Gasteiger partial charge in [-0.3, -0.25) is 0 Å². The maximum atomic E-state index is 13.3. The van der Waals surface area contributed by atoms with Crippen molar-refractivity contribution in [3.63, 3.8) is 0 Å². The van der Waals surface area contributed by atoms with Crippen LogP contribution in [0.3, 0.4) is 0 Å².